The van der Waals surface area contributed by atoms with Gasteiger partial charge in [0.2, 0.25) is 5.95 Å². The fourth-order valence-corrected chi connectivity index (χ4v) is 2.86. The minimum Gasteiger partial charge on any atom is -0.321 e. The molecular formula is C17H16FN5OS. The van der Waals surface area contributed by atoms with Gasteiger partial charge in [-0.15, -0.1) is 11.3 Å². The van der Waals surface area contributed by atoms with Gasteiger partial charge in [-0.3, -0.25) is 4.79 Å². The van der Waals surface area contributed by atoms with Gasteiger partial charge in [-0.1, -0.05) is 6.07 Å². The van der Waals surface area contributed by atoms with Gasteiger partial charge >= 0.3 is 0 Å². The van der Waals surface area contributed by atoms with E-state index in [1.807, 2.05) is 19.9 Å². The van der Waals surface area contributed by atoms with Gasteiger partial charge in [0, 0.05) is 22.5 Å². The average molecular weight is 357 g/mol. The molecule has 6 nitrogen and oxygen atoms in total. The Kier molecular flexibility index (Phi) is 4.71. The summed E-state index contributed by atoms with van der Waals surface area (Å²) in [6.45, 7) is 5.41. The molecule has 2 heterocycles. The van der Waals surface area contributed by atoms with Crippen LogP contribution in [0.5, 0.6) is 0 Å². The van der Waals surface area contributed by atoms with E-state index in [0.717, 1.165) is 11.4 Å². The highest BCUT2D eigenvalue weighted by molar-refractivity contribution is 7.14. The Hall–Kier alpha value is -2.87. The number of rotatable bonds is 4. The Labute approximate surface area is 148 Å². The fourth-order valence-electron chi connectivity index (χ4n) is 2.18. The molecule has 3 rings (SSSR count). The van der Waals surface area contributed by atoms with E-state index in [1.54, 1.807) is 24.4 Å². The molecule has 0 atom stereocenters. The van der Waals surface area contributed by atoms with Crippen molar-refractivity contribution in [2.45, 2.75) is 20.8 Å². The number of nitrogens with zero attached hydrogens (tertiary/aromatic N) is 3. The monoisotopic (exact) mass is 357 g/mol. The number of halogens is 1. The van der Waals surface area contributed by atoms with E-state index in [4.69, 9.17) is 0 Å². The van der Waals surface area contributed by atoms with Crippen molar-refractivity contribution in [1.82, 2.24) is 15.0 Å². The van der Waals surface area contributed by atoms with Gasteiger partial charge in [-0.05, 0) is 44.5 Å². The minimum atomic E-state index is -0.408. The van der Waals surface area contributed by atoms with E-state index in [9.17, 15) is 9.18 Å². The predicted octanol–water partition coefficient (Wildman–Crippen LogP) is 3.99. The second-order valence-electron chi connectivity index (χ2n) is 5.56. The second kappa shape index (κ2) is 6.94. The van der Waals surface area contributed by atoms with Crippen LogP contribution >= 0.6 is 11.3 Å². The highest BCUT2D eigenvalue weighted by atomic mass is 32.1. The number of benzene rings is 1. The Bertz CT molecular complexity index is 920. The van der Waals surface area contributed by atoms with Crippen molar-refractivity contribution < 1.29 is 9.18 Å². The maximum Gasteiger partial charge on any atom is 0.275 e. The Morgan fingerprint density at radius 2 is 1.80 bits per heavy atom. The van der Waals surface area contributed by atoms with Crippen LogP contribution in [0.3, 0.4) is 0 Å². The number of aryl methyl sites for hydroxylation is 3. The molecule has 0 aliphatic carbocycles. The lowest BCUT2D eigenvalue weighted by molar-refractivity contribution is 0.102. The predicted molar refractivity (Wildman–Crippen MR) is 96.0 cm³/mol. The van der Waals surface area contributed by atoms with E-state index in [-0.39, 0.29) is 11.5 Å². The molecule has 2 aromatic heterocycles. The number of hydrogen-bond donors (Lipinski definition) is 2. The van der Waals surface area contributed by atoms with Crippen molar-refractivity contribution in [3.63, 3.8) is 0 Å². The van der Waals surface area contributed by atoms with Crippen molar-refractivity contribution in [3.8, 4) is 0 Å². The molecule has 2 N–H and O–H groups in total. The van der Waals surface area contributed by atoms with E-state index in [1.165, 1.54) is 17.4 Å². The van der Waals surface area contributed by atoms with Crippen LogP contribution in [0.25, 0.3) is 0 Å². The zero-order valence-corrected chi connectivity index (χ0v) is 14.7. The third-order valence-corrected chi connectivity index (χ3v) is 4.13. The number of anilines is 3. The molecule has 8 heteroatoms. The molecule has 1 aromatic carbocycles. The first kappa shape index (κ1) is 17.0. The van der Waals surface area contributed by atoms with Gasteiger partial charge in [0.05, 0.1) is 0 Å². The lowest BCUT2D eigenvalue weighted by Gasteiger charge is -2.05. The number of hydrogen-bond acceptors (Lipinski definition) is 6. The number of aromatic nitrogens is 3. The molecule has 1 amide bonds. The average Bonchev–Trinajstić information content (AvgIpc) is 2.98. The summed E-state index contributed by atoms with van der Waals surface area (Å²) in [5.41, 5.74) is 2.81. The first-order chi connectivity index (χ1) is 11.9. The van der Waals surface area contributed by atoms with E-state index >= 15 is 0 Å². The maximum absolute atomic E-state index is 13.6. The smallest absolute Gasteiger partial charge is 0.275 e. The Balaban J connectivity index is 1.71. The first-order valence-electron chi connectivity index (χ1n) is 7.53. The van der Waals surface area contributed by atoms with E-state index in [2.05, 4.69) is 25.6 Å². The number of nitrogens with one attached hydrogen (secondary N) is 2. The number of thiazole rings is 1. The third-order valence-electron chi connectivity index (χ3n) is 3.37. The summed E-state index contributed by atoms with van der Waals surface area (Å²) in [5.74, 6) is -0.348. The van der Waals surface area contributed by atoms with Crippen LogP contribution in [-0.4, -0.2) is 20.9 Å². The highest BCUT2D eigenvalue weighted by Gasteiger charge is 2.13. The molecule has 0 aliphatic heterocycles. The van der Waals surface area contributed by atoms with Crippen LogP contribution in [0.4, 0.5) is 21.2 Å². The summed E-state index contributed by atoms with van der Waals surface area (Å²) in [4.78, 5) is 25.0. The quantitative estimate of drug-likeness (QED) is 0.738. The van der Waals surface area contributed by atoms with E-state index in [0.29, 0.717) is 22.3 Å². The highest BCUT2D eigenvalue weighted by Crippen LogP contribution is 2.21. The summed E-state index contributed by atoms with van der Waals surface area (Å²) >= 11 is 1.26. The molecule has 0 unspecified atom stereocenters. The molecule has 25 heavy (non-hydrogen) atoms. The SMILES string of the molecule is Cc1cc(C)nc(Nc2nc(C(=O)Nc3ccc(C)c(F)c3)cs2)n1. The summed E-state index contributed by atoms with van der Waals surface area (Å²) in [7, 11) is 0. The summed E-state index contributed by atoms with van der Waals surface area (Å²) in [6.07, 6.45) is 0. The molecule has 0 radical (unpaired) electrons. The molecule has 128 valence electrons. The first-order valence-corrected chi connectivity index (χ1v) is 8.41. The van der Waals surface area contributed by atoms with Crippen molar-refractivity contribution in [2.75, 3.05) is 10.6 Å². The Morgan fingerprint density at radius 1 is 1.08 bits per heavy atom. The summed E-state index contributed by atoms with van der Waals surface area (Å²) in [6, 6.07) is 6.40. The summed E-state index contributed by atoms with van der Waals surface area (Å²) < 4.78 is 13.6. The Morgan fingerprint density at radius 3 is 2.48 bits per heavy atom. The summed E-state index contributed by atoms with van der Waals surface area (Å²) in [5, 5.41) is 7.74. The molecule has 0 bridgehead atoms. The van der Waals surface area contributed by atoms with Gasteiger partial charge in [0.25, 0.3) is 5.91 Å². The van der Waals surface area contributed by atoms with Crippen LogP contribution in [0, 0.1) is 26.6 Å². The normalized spacial score (nSPS) is 10.6. The number of carbonyl (C=O) groups is 1. The third kappa shape index (κ3) is 4.16. The number of amides is 1. The fraction of sp³-hybridized carbons (Fsp3) is 0.176. The van der Waals surface area contributed by atoms with Crippen LogP contribution in [-0.2, 0) is 0 Å². The zero-order chi connectivity index (χ0) is 18.0. The molecule has 0 fully saturated rings. The van der Waals surface area contributed by atoms with Gasteiger partial charge < -0.3 is 10.6 Å². The van der Waals surface area contributed by atoms with Gasteiger partial charge in [0.15, 0.2) is 5.13 Å². The van der Waals surface area contributed by atoms with E-state index < -0.39 is 5.91 Å². The maximum atomic E-state index is 13.6. The second-order valence-corrected chi connectivity index (χ2v) is 6.41. The standard InChI is InChI=1S/C17H16FN5OS/c1-9-4-5-12(7-13(9)18)21-15(24)14-8-25-17(22-14)23-16-19-10(2)6-11(3)20-16/h4-8H,1-3H3,(H,21,24)(H,19,20,22,23). The largest absolute Gasteiger partial charge is 0.321 e. The van der Waals surface area contributed by atoms with Gasteiger partial charge in [-0.2, -0.15) is 0 Å². The lowest BCUT2D eigenvalue weighted by Crippen LogP contribution is -2.12. The van der Waals surface area contributed by atoms with Gasteiger partial charge in [0.1, 0.15) is 11.5 Å². The van der Waals surface area contributed by atoms with Crippen LogP contribution in [0.2, 0.25) is 0 Å². The zero-order valence-electron chi connectivity index (χ0n) is 13.9. The van der Waals surface area contributed by atoms with Gasteiger partial charge in [-0.25, -0.2) is 19.3 Å². The van der Waals surface area contributed by atoms with Crippen molar-refractivity contribution in [2.24, 2.45) is 0 Å². The number of carbonyl (C=O) groups excluding carboxylic acids is 1. The van der Waals surface area contributed by atoms with Crippen molar-refractivity contribution >= 4 is 34.0 Å². The minimum absolute atomic E-state index is 0.234. The molecular weight excluding hydrogens is 341 g/mol. The van der Waals surface area contributed by atoms with Crippen LogP contribution in [0.15, 0.2) is 29.6 Å². The molecule has 0 spiro atoms. The topological polar surface area (TPSA) is 79.8 Å². The molecule has 0 aliphatic rings. The lowest BCUT2D eigenvalue weighted by atomic mass is 10.2. The van der Waals surface area contributed by atoms with Crippen molar-refractivity contribution in [3.05, 3.63) is 58.1 Å². The molecule has 0 saturated carbocycles. The van der Waals surface area contributed by atoms with Crippen molar-refractivity contribution in [1.29, 1.82) is 0 Å². The van der Waals surface area contributed by atoms with Crippen LogP contribution in [0.1, 0.15) is 27.4 Å². The van der Waals surface area contributed by atoms with Crippen LogP contribution < -0.4 is 10.6 Å². The molecule has 0 saturated heterocycles. The molecule has 3 aromatic rings.